The summed E-state index contributed by atoms with van der Waals surface area (Å²) in [5, 5.41) is 5.66. The van der Waals surface area contributed by atoms with Crippen LogP contribution < -0.4 is 4.72 Å². The van der Waals surface area contributed by atoms with E-state index in [1.165, 1.54) is 24.3 Å². The normalized spacial score (nSPS) is 15.4. The van der Waals surface area contributed by atoms with Crippen LogP contribution in [0.1, 0.15) is 41.5 Å². The molecule has 0 aliphatic carbocycles. The Labute approximate surface area is 140 Å². The summed E-state index contributed by atoms with van der Waals surface area (Å²) in [7, 11) is 0.0135. The molecule has 0 aromatic rings. The van der Waals surface area contributed by atoms with E-state index in [1.807, 2.05) is 34.6 Å². The van der Waals surface area contributed by atoms with E-state index < -0.39 is 21.8 Å². The molecule has 132 valence electrons. The van der Waals surface area contributed by atoms with Crippen molar-refractivity contribution < 1.29 is 23.4 Å². The summed E-state index contributed by atoms with van der Waals surface area (Å²) in [6.07, 6.45) is 2.23. The SMILES string of the molecule is C/C=C(\S/C=C/F)[C@H](COOOC)NS(=O)C(C)(C)C.CC. The third kappa shape index (κ3) is 11.3. The molecule has 0 saturated heterocycles. The summed E-state index contributed by atoms with van der Waals surface area (Å²) >= 11 is 1.17. The van der Waals surface area contributed by atoms with Gasteiger partial charge in [-0.25, -0.2) is 23.1 Å². The molecule has 0 aromatic carbocycles. The van der Waals surface area contributed by atoms with E-state index in [9.17, 15) is 8.60 Å². The van der Waals surface area contributed by atoms with Gasteiger partial charge in [0.15, 0.2) is 0 Å². The molecule has 0 heterocycles. The zero-order valence-corrected chi connectivity index (χ0v) is 16.0. The van der Waals surface area contributed by atoms with Gasteiger partial charge in [-0.05, 0) is 27.7 Å². The van der Waals surface area contributed by atoms with Crippen molar-refractivity contribution in [1.29, 1.82) is 0 Å². The van der Waals surface area contributed by atoms with Crippen molar-refractivity contribution in [2.24, 2.45) is 0 Å². The van der Waals surface area contributed by atoms with E-state index >= 15 is 0 Å². The summed E-state index contributed by atoms with van der Waals surface area (Å²) in [5.41, 5.74) is 0. The largest absolute Gasteiger partial charge is 0.242 e. The van der Waals surface area contributed by atoms with Crippen LogP contribution in [0.15, 0.2) is 22.7 Å². The lowest BCUT2D eigenvalue weighted by Crippen LogP contribution is -2.42. The minimum Gasteiger partial charge on any atom is -0.242 e. The minimum atomic E-state index is -1.30. The number of thioether (sulfide) groups is 1. The van der Waals surface area contributed by atoms with E-state index in [1.54, 1.807) is 13.0 Å². The number of hydrogen-bond donors (Lipinski definition) is 1. The second-order valence-corrected chi connectivity index (χ2v) is 7.62. The van der Waals surface area contributed by atoms with Gasteiger partial charge in [0, 0.05) is 10.3 Å². The van der Waals surface area contributed by atoms with Crippen LogP contribution in [0.2, 0.25) is 0 Å². The van der Waals surface area contributed by atoms with Crippen LogP contribution in [0, 0.1) is 0 Å². The Morgan fingerprint density at radius 3 is 2.41 bits per heavy atom. The third-order valence-electron chi connectivity index (χ3n) is 2.04. The van der Waals surface area contributed by atoms with Gasteiger partial charge in [-0.2, -0.15) is 0 Å². The molecule has 5 nitrogen and oxygen atoms in total. The number of rotatable bonds is 9. The molecule has 0 amide bonds. The predicted molar refractivity (Wildman–Crippen MR) is 91.8 cm³/mol. The van der Waals surface area contributed by atoms with Crippen molar-refractivity contribution >= 4 is 22.7 Å². The van der Waals surface area contributed by atoms with Crippen LogP contribution >= 0.6 is 11.8 Å². The lowest BCUT2D eigenvalue weighted by atomic mass is 10.3. The maximum Gasteiger partial charge on any atom is 0.106 e. The van der Waals surface area contributed by atoms with Gasteiger partial charge in [0.25, 0.3) is 0 Å². The maximum absolute atomic E-state index is 12.1. The van der Waals surface area contributed by atoms with Crippen molar-refractivity contribution in [1.82, 2.24) is 4.72 Å². The molecule has 0 bridgehead atoms. The Bertz CT molecular complexity index is 357. The Morgan fingerprint density at radius 1 is 1.41 bits per heavy atom. The summed E-state index contributed by atoms with van der Waals surface area (Å²) in [4.78, 5) is 9.92. The van der Waals surface area contributed by atoms with E-state index in [2.05, 4.69) is 14.6 Å². The second-order valence-electron chi connectivity index (χ2n) is 4.64. The molecule has 0 rings (SSSR count). The first-order valence-electron chi connectivity index (χ1n) is 6.95. The molecule has 0 saturated carbocycles. The fraction of sp³-hybridized carbons (Fsp3) is 0.714. The monoisotopic (exact) mass is 357 g/mol. The first-order valence-corrected chi connectivity index (χ1v) is 8.98. The average Bonchev–Trinajstić information content (AvgIpc) is 2.48. The molecule has 0 aromatic heterocycles. The first-order chi connectivity index (χ1) is 10.4. The van der Waals surface area contributed by atoms with Gasteiger partial charge >= 0.3 is 0 Å². The van der Waals surface area contributed by atoms with Gasteiger partial charge in [0.2, 0.25) is 0 Å². The van der Waals surface area contributed by atoms with E-state index in [0.717, 1.165) is 4.91 Å². The van der Waals surface area contributed by atoms with Crippen LogP contribution in [-0.4, -0.2) is 28.7 Å². The number of hydrogen-bond acceptors (Lipinski definition) is 5. The third-order valence-corrected chi connectivity index (χ3v) is 4.68. The van der Waals surface area contributed by atoms with Gasteiger partial charge in [-0.3, -0.25) is 0 Å². The molecule has 22 heavy (non-hydrogen) atoms. The number of nitrogens with one attached hydrogen (secondary N) is 1. The fourth-order valence-electron chi connectivity index (χ4n) is 1.08. The second kappa shape index (κ2) is 14.3. The van der Waals surface area contributed by atoms with Gasteiger partial charge in [0.1, 0.15) is 6.61 Å². The first kappa shape index (κ1) is 24.0. The molecule has 1 unspecified atom stereocenters. The lowest BCUT2D eigenvalue weighted by Gasteiger charge is -2.24. The zero-order valence-electron chi connectivity index (χ0n) is 14.3. The van der Waals surface area contributed by atoms with Crippen molar-refractivity contribution in [2.45, 2.75) is 52.3 Å². The standard InChI is InChI=1S/C12H22FNO4S2.C2H6/c1-6-11(19-8-7-13)10(9-17-18-16-5)14-20(15)12(2,3)4;1-2/h6-8,10,14H,9H2,1-5H3;1-2H3/b8-7+,11-6-;/t10-,20?;/m0./s1. The Morgan fingerprint density at radius 2 is 2.00 bits per heavy atom. The van der Waals surface area contributed by atoms with E-state index in [4.69, 9.17) is 4.89 Å². The van der Waals surface area contributed by atoms with Crippen molar-refractivity contribution in [3.8, 4) is 0 Å². The van der Waals surface area contributed by atoms with Gasteiger partial charge in [-0.1, -0.05) is 36.7 Å². The van der Waals surface area contributed by atoms with Crippen LogP contribution in [-0.2, 0) is 25.8 Å². The smallest absolute Gasteiger partial charge is 0.106 e. The maximum atomic E-state index is 12.1. The summed E-state index contributed by atoms with van der Waals surface area (Å²) in [6.45, 7) is 11.4. The van der Waals surface area contributed by atoms with E-state index in [-0.39, 0.29) is 6.61 Å². The van der Waals surface area contributed by atoms with E-state index in [0.29, 0.717) is 6.33 Å². The molecular weight excluding hydrogens is 329 g/mol. The highest BCUT2D eigenvalue weighted by Gasteiger charge is 2.25. The average molecular weight is 358 g/mol. The Kier molecular flexibility index (Phi) is 15.7. The molecule has 0 aliphatic rings. The van der Waals surface area contributed by atoms with Gasteiger partial charge in [-0.15, -0.1) is 0 Å². The Balaban J connectivity index is 0. The quantitative estimate of drug-likeness (QED) is 0.384. The molecule has 1 N–H and O–H groups in total. The predicted octanol–water partition coefficient (Wildman–Crippen LogP) is 4.02. The summed E-state index contributed by atoms with van der Waals surface area (Å²) in [5.74, 6) is 0. The molecule has 0 radical (unpaired) electrons. The van der Waals surface area contributed by atoms with Crippen LogP contribution in [0.4, 0.5) is 4.39 Å². The molecule has 2 atom stereocenters. The highest BCUT2D eigenvalue weighted by molar-refractivity contribution is 8.05. The Hall–Kier alpha value is -0.250. The van der Waals surface area contributed by atoms with Crippen LogP contribution in [0.25, 0.3) is 0 Å². The highest BCUT2D eigenvalue weighted by Crippen LogP contribution is 2.23. The van der Waals surface area contributed by atoms with Crippen molar-refractivity contribution in [2.75, 3.05) is 13.7 Å². The topological polar surface area (TPSA) is 56.8 Å². The minimum absolute atomic E-state index is 0.0719. The molecule has 0 fully saturated rings. The van der Waals surface area contributed by atoms with Crippen LogP contribution in [0.3, 0.4) is 0 Å². The van der Waals surface area contributed by atoms with Gasteiger partial charge in [0.05, 0.1) is 35.2 Å². The lowest BCUT2D eigenvalue weighted by molar-refractivity contribution is -0.502. The molecule has 0 spiro atoms. The van der Waals surface area contributed by atoms with Gasteiger partial charge < -0.3 is 0 Å². The molecular formula is C14H28FNO4S2. The highest BCUT2D eigenvalue weighted by atomic mass is 32.2. The summed E-state index contributed by atoms with van der Waals surface area (Å²) < 4.78 is 26.8. The molecule has 8 heteroatoms. The number of halogens is 1. The van der Waals surface area contributed by atoms with Crippen molar-refractivity contribution in [3.05, 3.63) is 22.7 Å². The van der Waals surface area contributed by atoms with Crippen LogP contribution in [0.5, 0.6) is 0 Å². The fourth-order valence-corrected chi connectivity index (χ4v) is 2.60. The van der Waals surface area contributed by atoms with Crippen molar-refractivity contribution in [3.63, 3.8) is 0 Å². The summed E-state index contributed by atoms with van der Waals surface area (Å²) in [6, 6.07) is -0.406. The zero-order chi connectivity index (χ0) is 17.6. The number of allylic oxidation sites excluding steroid dienone is 1. The molecule has 0 aliphatic heterocycles.